The van der Waals surface area contributed by atoms with E-state index in [1.54, 1.807) is 49.4 Å². The number of aryl methyl sites for hydroxylation is 1. The molecule has 59 heavy (non-hydrogen) atoms. The summed E-state index contributed by atoms with van der Waals surface area (Å²) < 4.78 is 0.984. The second kappa shape index (κ2) is 16.5. The molecule has 2 aromatic heterocycles. The summed E-state index contributed by atoms with van der Waals surface area (Å²) >= 11 is 1.68. The fourth-order valence-corrected chi connectivity index (χ4v) is 10.3. The number of nitrogens with one attached hydrogen (secondary N) is 3. The molecule has 3 fully saturated rings. The highest BCUT2D eigenvalue weighted by Crippen LogP contribution is 2.42. The van der Waals surface area contributed by atoms with E-state index in [1.807, 2.05) is 31.2 Å². The lowest BCUT2D eigenvalue weighted by atomic mass is 9.82. The van der Waals surface area contributed by atoms with Crippen molar-refractivity contribution in [2.24, 2.45) is 5.92 Å². The van der Waals surface area contributed by atoms with Gasteiger partial charge in [0.1, 0.15) is 11.7 Å². The van der Waals surface area contributed by atoms with Crippen molar-refractivity contribution in [2.45, 2.75) is 89.8 Å². The number of aromatic nitrogens is 2. The Hall–Kier alpha value is -5.09. The van der Waals surface area contributed by atoms with E-state index in [0.717, 1.165) is 84.2 Å². The minimum absolute atomic E-state index is 0.0830. The van der Waals surface area contributed by atoms with Crippen LogP contribution in [0.3, 0.4) is 0 Å². The van der Waals surface area contributed by atoms with E-state index in [1.165, 1.54) is 0 Å². The van der Waals surface area contributed by atoms with Gasteiger partial charge in [-0.25, -0.2) is 9.97 Å². The molecule has 4 aliphatic rings. The Bertz CT molecular complexity index is 2310. The number of fused-ring (bicyclic) bond motifs is 2. The van der Waals surface area contributed by atoms with Crippen LogP contribution in [0.15, 0.2) is 48.5 Å². The number of amides is 5. The first-order valence-corrected chi connectivity index (χ1v) is 21.5. The van der Waals surface area contributed by atoms with Gasteiger partial charge in [0.05, 0.1) is 32.0 Å². The molecule has 0 spiro atoms. The molecule has 2 aromatic carbocycles. The number of rotatable bonds is 11. The molecule has 0 radical (unpaired) electrons. The van der Waals surface area contributed by atoms with E-state index in [-0.39, 0.29) is 29.9 Å². The van der Waals surface area contributed by atoms with E-state index in [2.05, 4.69) is 37.7 Å². The summed E-state index contributed by atoms with van der Waals surface area (Å²) in [5.41, 5.74) is 3.05. The van der Waals surface area contributed by atoms with E-state index in [0.29, 0.717) is 47.1 Å². The van der Waals surface area contributed by atoms with Crippen molar-refractivity contribution in [3.63, 3.8) is 0 Å². The molecule has 2 saturated heterocycles. The van der Waals surface area contributed by atoms with E-state index in [9.17, 15) is 29.1 Å². The van der Waals surface area contributed by atoms with Gasteiger partial charge in [-0.3, -0.25) is 39.1 Å². The van der Waals surface area contributed by atoms with Crippen LogP contribution in [-0.2, 0) is 15.2 Å². The summed E-state index contributed by atoms with van der Waals surface area (Å²) in [6.07, 6.45) is 4.65. The number of imide groups is 2. The SMILES string of the molecule is Cc1cccc(C(=O)Nc2cc3sc([C@H]4CC[C@H](CN5CCN(CCNc6cccc7c6C(=O)N(C6CCC(=O)NC6=O)C7=O)[C@@H](C)C5)CC4)nc3cc2C(C)(C)O)n1. The van der Waals surface area contributed by atoms with Crippen LogP contribution in [0.1, 0.15) is 113 Å². The molecule has 2 atom stereocenters. The van der Waals surface area contributed by atoms with Crippen LogP contribution in [0, 0.1) is 12.8 Å². The van der Waals surface area contributed by atoms with Crippen molar-refractivity contribution < 1.29 is 29.1 Å². The minimum Gasteiger partial charge on any atom is -0.386 e. The van der Waals surface area contributed by atoms with Gasteiger partial charge in [0, 0.05) is 80.3 Å². The third-order valence-electron chi connectivity index (χ3n) is 12.3. The zero-order valence-corrected chi connectivity index (χ0v) is 34.9. The molecule has 14 nitrogen and oxygen atoms in total. The molecule has 5 heterocycles. The van der Waals surface area contributed by atoms with Gasteiger partial charge in [0.25, 0.3) is 17.7 Å². The molecule has 4 N–H and O–H groups in total. The number of nitrogens with zero attached hydrogens (tertiary/aromatic N) is 5. The number of aliphatic hydroxyl groups is 1. The number of carbonyl (C=O) groups is 5. The lowest BCUT2D eigenvalue weighted by Crippen LogP contribution is -2.54. The van der Waals surface area contributed by atoms with Crippen LogP contribution in [0.5, 0.6) is 0 Å². The van der Waals surface area contributed by atoms with Gasteiger partial charge in [-0.1, -0.05) is 12.1 Å². The highest BCUT2D eigenvalue weighted by molar-refractivity contribution is 7.18. The van der Waals surface area contributed by atoms with Gasteiger partial charge in [-0.15, -0.1) is 11.3 Å². The molecular formula is C44H52N8O6S. The normalized spacial score (nSPS) is 23.1. The summed E-state index contributed by atoms with van der Waals surface area (Å²) in [5, 5.41) is 20.8. The topological polar surface area (TPSA) is 177 Å². The second-order valence-electron chi connectivity index (χ2n) is 17.1. The van der Waals surface area contributed by atoms with Crippen molar-refractivity contribution in [1.29, 1.82) is 0 Å². The predicted molar refractivity (Wildman–Crippen MR) is 226 cm³/mol. The average Bonchev–Trinajstić information content (AvgIpc) is 3.73. The maximum atomic E-state index is 13.5. The Balaban J connectivity index is 0.820. The molecule has 310 valence electrons. The van der Waals surface area contributed by atoms with Crippen molar-refractivity contribution in [1.82, 2.24) is 30.0 Å². The van der Waals surface area contributed by atoms with Crippen LogP contribution in [0.2, 0.25) is 0 Å². The number of piperazine rings is 1. The summed E-state index contributed by atoms with van der Waals surface area (Å²) in [6, 6.07) is 13.7. The molecule has 1 unspecified atom stereocenters. The van der Waals surface area contributed by atoms with Gasteiger partial charge in [-0.05, 0) is 102 Å². The number of hydrogen-bond donors (Lipinski definition) is 4. The smallest absolute Gasteiger partial charge is 0.274 e. The number of pyridine rings is 1. The maximum absolute atomic E-state index is 13.5. The minimum atomic E-state index is -1.18. The number of thiazole rings is 1. The van der Waals surface area contributed by atoms with E-state index < -0.39 is 35.3 Å². The molecular weight excluding hydrogens is 769 g/mol. The second-order valence-corrected chi connectivity index (χ2v) is 18.1. The Kier molecular flexibility index (Phi) is 11.4. The largest absolute Gasteiger partial charge is 0.386 e. The first kappa shape index (κ1) is 40.7. The Labute approximate surface area is 347 Å². The fraction of sp³-hybridized carbons (Fsp3) is 0.477. The maximum Gasteiger partial charge on any atom is 0.274 e. The molecule has 1 saturated carbocycles. The van der Waals surface area contributed by atoms with Gasteiger partial charge < -0.3 is 20.6 Å². The predicted octanol–water partition coefficient (Wildman–Crippen LogP) is 5.27. The molecule has 4 aromatic rings. The number of benzene rings is 2. The van der Waals surface area contributed by atoms with Crippen LogP contribution in [0.25, 0.3) is 10.2 Å². The molecule has 0 bridgehead atoms. The zero-order valence-electron chi connectivity index (χ0n) is 34.0. The van der Waals surface area contributed by atoms with Crippen LogP contribution in [0.4, 0.5) is 11.4 Å². The number of carbonyl (C=O) groups excluding carboxylic acids is 5. The highest BCUT2D eigenvalue weighted by Gasteiger charge is 2.45. The Morgan fingerprint density at radius 2 is 1.75 bits per heavy atom. The van der Waals surface area contributed by atoms with Crippen molar-refractivity contribution >= 4 is 62.5 Å². The Morgan fingerprint density at radius 1 is 0.966 bits per heavy atom. The van der Waals surface area contributed by atoms with Crippen molar-refractivity contribution in [2.75, 3.05) is 49.9 Å². The van der Waals surface area contributed by atoms with Crippen LogP contribution in [-0.4, -0.2) is 111 Å². The molecule has 15 heteroatoms. The quantitative estimate of drug-likeness (QED) is 0.145. The van der Waals surface area contributed by atoms with Crippen molar-refractivity contribution in [3.8, 4) is 0 Å². The van der Waals surface area contributed by atoms with Gasteiger partial charge in [0.2, 0.25) is 11.8 Å². The van der Waals surface area contributed by atoms with Crippen molar-refractivity contribution in [3.05, 3.63) is 81.6 Å². The van der Waals surface area contributed by atoms with Crippen LogP contribution < -0.4 is 16.0 Å². The first-order chi connectivity index (χ1) is 28.2. The first-order valence-electron chi connectivity index (χ1n) is 20.7. The third kappa shape index (κ3) is 8.51. The molecule has 5 amide bonds. The monoisotopic (exact) mass is 820 g/mol. The fourth-order valence-electron chi connectivity index (χ4n) is 9.15. The molecule has 8 rings (SSSR count). The lowest BCUT2D eigenvalue weighted by molar-refractivity contribution is -0.136. The lowest BCUT2D eigenvalue weighted by Gasteiger charge is -2.42. The van der Waals surface area contributed by atoms with Gasteiger partial charge in [-0.2, -0.15) is 0 Å². The summed E-state index contributed by atoms with van der Waals surface area (Å²) in [6.45, 7) is 12.9. The van der Waals surface area contributed by atoms with Crippen LogP contribution >= 0.6 is 11.3 Å². The van der Waals surface area contributed by atoms with E-state index in [4.69, 9.17) is 4.98 Å². The summed E-state index contributed by atoms with van der Waals surface area (Å²) in [5.74, 6) is -1.34. The number of anilines is 2. The van der Waals surface area contributed by atoms with Gasteiger partial charge >= 0.3 is 0 Å². The van der Waals surface area contributed by atoms with E-state index >= 15 is 0 Å². The third-order valence-corrected chi connectivity index (χ3v) is 13.5. The Morgan fingerprint density at radius 3 is 2.47 bits per heavy atom. The summed E-state index contributed by atoms with van der Waals surface area (Å²) in [7, 11) is 0. The summed E-state index contributed by atoms with van der Waals surface area (Å²) in [4.78, 5) is 79.5. The molecule has 3 aliphatic heterocycles. The molecule has 1 aliphatic carbocycles. The highest BCUT2D eigenvalue weighted by atomic mass is 32.1. The zero-order chi connectivity index (χ0) is 41.6. The van der Waals surface area contributed by atoms with Gasteiger partial charge in [0.15, 0.2) is 0 Å². The number of piperidine rings is 1. The number of hydrogen-bond acceptors (Lipinski definition) is 12. The average molecular weight is 821 g/mol. The standard InChI is InChI=1S/C44H52N8O6S/c1-25-7-5-10-32(46-25)39(54)47-33-22-36-34(21-30(33)44(3,4)58)48-41(59-36)28-13-11-27(12-14-28)24-50-19-20-51(26(2)23-50)18-17-45-31-9-6-8-29-38(31)43(57)52(42(29)56)35-15-16-37(53)49-40(35)55/h5-10,21-22,26-28,35,45,58H,11-20,23-24H2,1-4H3,(H,47,54)(H,49,53,55)/t26-,27-,28-,35?/m0/s1.